The van der Waals surface area contributed by atoms with E-state index in [-0.39, 0.29) is 0 Å². The summed E-state index contributed by atoms with van der Waals surface area (Å²) in [5.74, 6) is 0.892. The lowest BCUT2D eigenvalue weighted by Crippen LogP contribution is -2.42. The normalized spacial score (nSPS) is 19.2. The highest BCUT2D eigenvalue weighted by atomic mass is 16.5. The summed E-state index contributed by atoms with van der Waals surface area (Å²) in [4.78, 5) is 6.81. The van der Waals surface area contributed by atoms with Crippen LogP contribution in [0.4, 0.5) is 0 Å². The molecule has 1 saturated heterocycles. The van der Waals surface area contributed by atoms with Crippen LogP contribution in [0.3, 0.4) is 0 Å². The Morgan fingerprint density at radius 2 is 1.95 bits per heavy atom. The first-order valence-corrected chi connectivity index (χ1v) is 8.58. The smallest absolute Gasteiger partial charge is 0.191 e. The molecule has 0 spiro atoms. The highest BCUT2D eigenvalue weighted by molar-refractivity contribution is 5.79. The molecular formula is C16H34N4O. The highest BCUT2D eigenvalue weighted by Crippen LogP contribution is 2.10. The molecule has 1 atom stereocenters. The minimum absolute atomic E-state index is 0.355. The number of aliphatic imine (C=N–C) groups is 1. The maximum Gasteiger partial charge on any atom is 0.191 e. The van der Waals surface area contributed by atoms with E-state index < -0.39 is 0 Å². The molecule has 124 valence electrons. The van der Waals surface area contributed by atoms with Crippen LogP contribution in [0.1, 0.15) is 46.0 Å². The summed E-state index contributed by atoms with van der Waals surface area (Å²) in [6.45, 7) is 10.8. The van der Waals surface area contributed by atoms with Gasteiger partial charge in [-0.15, -0.1) is 0 Å². The minimum Gasteiger partial charge on any atom is -0.376 e. The van der Waals surface area contributed by atoms with Gasteiger partial charge in [0.25, 0.3) is 0 Å². The maximum atomic E-state index is 5.61. The van der Waals surface area contributed by atoms with Crippen molar-refractivity contribution in [1.82, 2.24) is 15.5 Å². The Kier molecular flexibility index (Phi) is 10.3. The molecular weight excluding hydrogens is 264 g/mol. The Labute approximate surface area is 130 Å². The van der Waals surface area contributed by atoms with Crippen LogP contribution >= 0.6 is 0 Å². The van der Waals surface area contributed by atoms with E-state index in [2.05, 4.69) is 34.4 Å². The van der Waals surface area contributed by atoms with Crippen molar-refractivity contribution in [3.05, 3.63) is 0 Å². The van der Waals surface area contributed by atoms with Crippen molar-refractivity contribution in [2.24, 2.45) is 4.99 Å². The SMILES string of the molecule is CCCN(CCC)CCCNC(=NC)NCC1CCCO1. The first kappa shape index (κ1) is 18.2. The summed E-state index contributed by atoms with van der Waals surface area (Å²) >= 11 is 0. The number of guanidine groups is 1. The van der Waals surface area contributed by atoms with Gasteiger partial charge in [-0.2, -0.15) is 0 Å². The van der Waals surface area contributed by atoms with Crippen LogP contribution in [-0.2, 0) is 4.74 Å². The molecule has 1 heterocycles. The van der Waals surface area contributed by atoms with Crippen molar-refractivity contribution in [3.8, 4) is 0 Å². The fourth-order valence-corrected chi connectivity index (χ4v) is 2.71. The van der Waals surface area contributed by atoms with Crippen molar-refractivity contribution in [2.75, 3.05) is 46.4 Å². The van der Waals surface area contributed by atoms with Crippen LogP contribution in [0.5, 0.6) is 0 Å². The maximum absolute atomic E-state index is 5.61. The van der Waals surface area contributed by atoms with Gasteiger partial charge in [0, 0.05) is 26.7 Å². The Bertz CT molecular complexity index is 271. The Hall–Kier alpha value is -0.810. The second-order valence-corrected chi connectivity index (χ2v) is 5.71. The molecule has 0 aromatic carbocycles. The highest BCUT2D eigenvalue weighted by Gasteiger charge is 2.15. The molecule has 1 fully saturated rings. The fraction of sp³-hybridized carbons (Fsp3) is 0.938. The predicted octanol–water partition coefficient (Wildman–Crippen LogP) is 1.84. The van der Waals surface area contributed by atoms with Crippen LogP contribution in [0.25, 0.3) is 0 Å². The topological polar surface area (TPSA) is 48.9 Å². The number of ether oxygens (including phenoxy) is 1. The van der Waals surface area contributed by atoms with Crippen LogP contribution < -0.4 is 10.6 Å². The molecule has 1 aliphatic rings. The lowest BCUT2D eigenvalue weighted by atomic mass is 10.2. The number of rotatable bonds is 10. The van der Waals surface area contributed by atoms with Gasteiger partial charge in [-0.05, 0) is 51.7 Å². The van der Waals surface area contributed by atoms with Gasteiger partial charge < -0.3 is 20.3 Å². The third-order valence-corrected chi connectivity index (χ3v) is 3.77. The van der Waals surface area contributed by atoms with E-state index in [0.29, 0.717) is 6.10 Å². The molecule has 0 amide bonds. The second kappa shape index (κ2) is 11.8. The van der Waals surface area contributed by atoms with Crippen molar-refractivity contribution in [3.63, 3.8) is 0 Å². The number of hydrogen-bond acceptors (Lipinski definition) is 3. The largest absolute Gasteiger partial charge is 0.376 e. The van der Waals surface area contributed by atoms with Gasteiger partial charge >= 0.3 is 0 Å². The van der Waals surface area contributed by atoms with E-state index in [4.69, 9.17) is 4.74 Å². The number of hydrogen-bond donors (Lipinski definition) is 2. The molecule has 21 heavy (non-hydrogen) atoms. The third-order valence-electron chi connectivity index (χ3n) is 3.77. The zero-order valence-corrected chi connectivity index (χ0v) is 14.2. The second-order valence-electron chi connectivity index (χ2n) is 5.71. The van der Waals surface area contributed by atoms with Gasteiger partial charge in [-0.25, -0.2) is 0 Å². The zero-order chi connectivity index (χ0) is 15.3. The molecule has 5 heteroatoms. The van der Waals surface area contributed by atoms with E-state index in [0.717, 1.165) is 45.0 Å². The summed E-state index contributed by atoms with van der Waals surface area (Å²) < 4.78 is 5.61. The quantitative estimate of drug-likeness (QED) is 0.367. The molecule has 5 nitrogen and oxygen atoms in total. The van der Waals surface area contributed by atoms with Gasteiger partial charge in [0.2, 0.25) is 0 Å². The standard InChI is InChI=1S/C16H34N4O/c1-4-10-20(11-5-2)12-7-9-18-16(17-3)19-14-15-8-6-13-21-15/h15H,4-14H2,1-3H3,(H2,17,18,19). The van der Waals surface area contributed by atoms with Crippen LogP contribution in [0.15, 0.2) is 4.99 Å². The molecule has 2 N–H and O–H groups in total. The lowest BCUT2D eigenvalue weighted by molar-refractivity contribution is 0.114. The summed E-state index contributed by atoms with van der Waals surface area (Å²) in [7, 11) is 1.82. The fourth-order valence-electron chi connectivity index (χ4n) is 2.71. The molecule has 0 aliphatic carbocycles. The van der Waals surface area contributed by atoms with Gasteiger partial charge in [0.1, 0.15) is 0 Å². The molecule has 1 rings (SSSR count). The average Bonchev–Trinajstić information content (AvgIpc) is 3.00. The molecule has 0 aromatic rings. The first-order valence-electron chi connectivity index (χ1n) is 8.58. The van der Waals surface area contributed by atoms with Crippen LogP contribution in [0.2, 0.25) is 0 Å². The van der Waals surface area contributed by atoms with Crippen LogP contribution in [-0.4, -0.2) is 63.3 Å². The Balaban J connectivity index is 2.10. The van der Waals surface area contributed by atoms with Gasteiger partial charge in [-0.3, -0.25) is 4.99 Å². The predicted molar refractivity (Wildman–Crippen MR) is 90.0 cm³/mol. The molecule has 0 bridgehead atoms. The summed E-state index contributed by atoms with van der Waals surface area (Å²) in [6, 6.07) is 0. The summed E-state index contributed by atoms with van der Waals surface area (Å²) in [6.07, 6.45) is 6.32. The van der Waals surface area contributed by atoms with Gasteiger partial charge in [0.15, 0.2) is 5.96 Å². The average molecular weight is 298 g/mol. The van der Waals surface area contributed by atoms with Gasteiger partial charge in [-0.1, -0.05) is 13.8 Å². The minimum atomic E-state index is 0.355. The van der Waals surface area contributed by atoms with E-state index in [9.17, 15) is 0 Å². The van der Waals surface area contributed by atoms with E-state index in [1.165, 1.54) is 32.4 Å². The Morgan fingerprint density at radius 3 is 2.52 bits per heavy atom. The number of nitrogens with zero attached hydrogens (tertiary/aromatic N) is 2. The van der Waals surface area contributed by atoms with E-state index in [1.54, 1.807) is 0 Å². The summed E-state index contributed by atoms with van der Waals surface area (Å²) in [5, 5.41) is 6.74. The first-order chi connectivity index (χ1) is 10.3. The molecule has 0 radical (unpaired) electrons. The van der Waals surface area contributed by atoms with E-state index >= 15 is 0 Å². The van der Waals surface area contributed by atoms with Crippen molar-refractivity contribution in [1.29, 1.82) is 0 Å². The zero-order valence-electron chi connectivity index (χ0n) is 14.2. The Morgan fingerprint density at radius 1 is 1.19 bits per heavy atom. The third kappa shape index (κ3) is 8.27. The van der Waals surface area contributed by atoms with E-state index in [1.807, 2.05) is 7.05 Å². The number of nitrogens with one attached hydrogen (secondary N) is 2. The summed E-state index contributed by atoms with van der Waals surface area (Å²) in [5.41, 5.74) is 0. The van der Waals surface area contributed by atoms with Gasteiger partial charge in [0.05, 0.1) is 6.10 Å². The van der Waals surface area contributed by atoms with Crippen molar-refractivity contribution >= 4 is 5.96 Å². The molecule has 0 saturated carbocycles. The monoisotopic (exact) mass is 298 g/mol. The lowest BCUT2D eigenvalue weighted by Gasteiger charge is -2.21. The molecule has 1 aliphatic heterocycles. The van der Waals surface area contributed by atoms with Crippen LogP contribution in [0, 0.1) is 0 Å². The van der Waals surface area contributed by atoms with Crippen molar-refractivity contribution in [2.45, 2.75) is 52.1 Å². The van der Waals surface area contributed by atoms with Crippen molar-refractivity contribution < 1.29 is 4.74 Å². The molecule has 0 aromatic heterocycles. The molecule has 1 unspecified atom stereocenters.